The number of hydrogen-bond donors (Lipinski definition) is 1. The molecule has 0 bridgehead atoms. The molecule has 0 aliphatic rings. The second-order valence-electron chi connectivity index (χ2n) is 4.51. The van der Waals surface area contributed by atoms with E-state index in [1.165, 1.54) is 16.8 Å². The highest BCUT2D eigenvalue weighted by Crippen LogP contribution is 2.21. The minimum absolute atomic E-state index is 0.00554. The molecular formula is C13H14N4O3. The van der Waals surface area contributed by atoms with Crippen molar-refractivity contribution < 1.29 is 4.92 Å². The van der Waals surface area contributed by atoms with E-state index in [9.17, 15) is 14.9 Å². The summed E-state index contributed by atoms with van der Waals surface area (Å²) >= 11 is 0. The standard InChI is InChI=1S/C13H14N4O3/c1-8(14)11-7-12(15-16(2)13(11)18)9-3-5-10(6-4-9)17(19)20/h3-8H,14H2,1-2H3. The largest absolute Gasteiger partial charge is 0.324 e. The number of aromatic nitrogens is 2. The summed E-state index contributed by atoms with van der Waals surface area (Å²) in [5, 5.41) is 14.8. The van der Waals surface area contributed by atoms with Gasteiger partial charge in [0, 0.05) is 36.3 Å². The molecule has 7 nitrogen and oxygen atoms in total. The molecule has 20 heavy (non-hydrogen) atoms. The first-order valence-corrected chi connectivity index (χ1v) is 5.99. The van der Waals surface area contributed by atoms with Gasteiger partial charge in [-0.15, -0.1) is 0 Å². The molecule has 1 heterocycles. The van der Waals surface area contributed by atoms with Crippen LogP contribution in [0.2, 0.25) is 0 Å². The van der Waals surface area contributed by atoms with Gasteiger partial charge < -0.3 is 5.73 Å². The lowest BCUT2D eigenvalue weighted by atomic mass is 10.1. The van der Waals surface area contributed by atoms with Crippen molar-refractivity contribution in [2.45, 2.75) is 13.0 Å². The maximum atomic E-state index is 11.9. The second-order valence-corrected chi connectivity index (χ2v) is 4.51. The van der Waals surface area contributed by atoms with Crippen molar-refractivity contribution in [3.05, 3.63) is 56.4 Å². The molecule has 0 fully saturated rings. The van der Waals surface area contributed by atoms with Crippen molar-refractivity contribution in [2.24, 2.45) is 12.8 Å². The quantitative estimate of drug-likeness (QED) is 0.672. The number of nitrogens with zero attached hydrogens (tertiary/aromatic N) is 3. The van der Waals surface area contributed by atoms with Crippen LogP contribution >= 0.6 is 0 Å². The van der Waals surface area contributed by atoms with Crippen LogP contribution in [-0.2, 0) is 7.05 Å². The maximum absolute atomic E-state index is 11.9. The molecule has 1 atom stereocenters. The van der Waals surface area contributed by atoms with Gasteiger partial charge in [-0.3, -0.25) is 14.9 Å². The smallest absolute Gasteiger partial charge is 0.271 e. The first kappa shape index (κ1) is 13.9. The fourth-order valence-corrected chi connectivity index (χ4v) is 1.85. The average Bonchev–Trinajstić information content (AvgIpc) is 2.41. The van der Waals surface area contributed by atoms with Gasteiger partial charge in [-0.2, -0.15) is 5.10 Å². The first-order chi connectivity index (χ1) is 9.40. The summed E-state index contributed by atoms with van der Waals surface area (Å²) in [5.41, 5.74) is 7.22. The molecule has 104 valence electrons. The van der Waals surface area contributed by atoms with E-state index in [0.717, 1.165) is 0 Å². The number of non-ortho nitro benzene ring substituents is 1. The Kier molecular flexibility index (Phi) is 3.62. The zero-order chi connectivity index (χ0) is 14.9. The van der Waals surface area contributed by atoms with Crippen LogP contribution < -0.4 is 11.3 Å². The topological polar surface area (TPSA) is 104 Å². The number of hydrogen-bond acceptors (Lipinski definition) is 5. The Morgan fingerprint density at radius 1 is 1.35 bits per heavy atom. The van der Waals surface area contributed by atoms with E-state index in [-0.39, 0.29) is 11.2 Å². The van der Waals surface area contributed by atoms with E-state index in [4.69, 9.17) is 5.73 Å². The van der Waals surface area contributed by atoms with Crippen molar-refractivity contribution in [1.29, 1.82) is 0 Å². The highest BCUT2D eigenvalue weighted by Gasteiger charge is 2.12. The molecule has 0 saturated carbocycles. The number of nitrogens with two attached hydrogens (primary N) is 1. The van der Waals surface area contributed by atoms with E-state index in [2.05, 4.69) is 5.10 Å². The number of nitro groups is 1. The lowest BCUT2D eigenvalue weighted by Crippen LogP contribution is -2.27. The lowest BCUT2D eigenvalue weighted by Gasteiger charge is -2.09. The van der Waals surface area contributed by atoms with Crippen LogP contribution in [0.3, 0.4) is 0 Å². The van der Waals surface area contributed by atoms with Crippen LogP contribution in [0, 0.1) is 10.1 Å². The first-order valence-electron chi connectivity index (χ1n) is 5.99. The Morgan fingerprint density at radius 3 is 2.45 bits per heavy atom. The van der Waals surface area contributed by atoms with E-state index in [0.29, 0.717) is 16.8 Å². The molecule has 1 unspecified atom stereocenters. The maximum Gasteiger partial charge on any atom is 0.271 e. The van der Waals surface area contributed by atoms with Gasteiger partial charge in [0.15, 0.2) is 0 Å². The Labute approximate surface area is 114 Å². The van der Waals surface area contributed by atoms with Crippen molar-refractivity contribution >= 4 is 5.69 Å². The SMILES string of the molecule is CC(N)c1cc(-c2ccc([N+](=O)[O-])cc2)nn(C)c1=O. The van der Waals surface area contributed by atoms with Crippen LogP contribution in [-0.4, -0.2) is 14.7 Å². The number of benzene rings is 1. The van der Waals surface area contributed by atoms with Gasteiger partial charge in [-0.1, -0.05) is 0 Å². The molecule has 0 radical (unpaired) electrons. The summed E-state index contributed by atoms with van der Waals surface area (Å²) in [4.78, 5) is 22.0. The van der Waals surface area contributed by atoms with Gasteiger partial charge in [0.05, 0.1) is 10.6 Å². The third-order valence-electron chi connectivity index (χ3n) is 2.96. The van der Waals surface area contributed by atoms with Crippen LogP contribution in [0.5, 0.6) is 0 Å². The summed E-state index contributed by atoms with van der Waals surface area (Å²) in [5.74, 6) is 0. The van der Waals surface area contributed by atoms with E-state index < -0.39 is 11.0 Å². The Balaban J connectivity index is 2.52. The summed E-state index contributed by atoms with van der Waals surface area (Å²) < 4.78 is 1.22. The molecule has 7 heteroatoms. The molecule has 1 aromatic heterocycles. The Bertz CT molecular complexity index is 705. The van der Waals surface area contributed by atoms with Gasteiger partial charge in [0.25, 0.3) is 11.2 Å². The predicted octanol–water partition coefficient (Wildman–Crippen LogP) is 1.38. The number of nitro benzene ring substituents is 1. The van der Waals surface area contributed by atoms with Crippen molar-refractivity contribution in [2.75, 3.05) is 0 Å². The van der Waals surface area contributed by atoms with Gasteiger partial charge in [0.2, 0.25) is 0 Å². The van der Waals surface area contributed by atoms with E-state index >= 15 is 0 Å². The molecule has 2 rings (SSSR count). The average molecular weight is 274 g/mol. The lowest BCUT2D eigenvalue weighted by molar-refractivity contribution is -0.384. The molecular weight excluding hydrogens is 260 g/mol. The number of aryl methyl sites for hydroxylation is 1. The zero-order valence-electron chi connectivity index (χ0n) is 11.1. The van der Waals surface area contributed by atoms with Crippen LogP contribution in [0.1, 0.15) is 18.5 Å². The highest BCUT2D eigenvalue weighted by molar-refractivity contribution is 5.61. The zero-order valence-corrected chi connectivity index (χ0v) is 11.1. The molecule has 1 aromatic carbocycles. The molecule has 2 aromatic rings. The normalized spacial score (nSPS) is 12.2. The molecule has 0 aliphatic carbocycles. The monoisotopic (exact) mass is 274 g/mol. The van der Waals surface area contributed by atoms with Crippen molar-refractivity contribution in [3.8, 4) is 11.3 Å². The summed E-state index contributed by atoms with van der Waals surface area (Å²) in [7, 11) is 1.54. The van der Waals surface area contributed by atoms with Crippen molar-refractivity contribution in [3.63, 3.8) is 0 Å². The second kappa shape index (κ2) is 5.22. The summed E-state index contributed by atoms with van der Waals surface area (Å²) in [6.07, 6.45) is 0. The predicted molar refractivity (Wildman–Crippen MR) is 74.2 cm³/mol. The van der Waals surface area contributed by atoms with Crippen LogP contribution in [0.4, 0.5) is 5.69 Å². The van der Waals surface area contributed by atoms with Crippen LogP contribution in [0.25, 0.3) is 11.3 Å². The van der Waals surface area contributed by atoms with Crippen molar-refractivity contribution in [1.82, 2.24) is 9.78 Å². The number of rotatable bonds is 3. The van der Waals surface area contributed by atoms with Crippen LogP contribution in [0.15, 0.2) is 35.1 Å². The van der Waals surface area contributed by atoms with E-state index in [1.54, 1.807) is 32.2 Å². The van der Waals surface area contributed by atoms with Gasteiger partial charge in [-0.05, 0) is 25.1 Å². The molecule has 0 aliphatic heterocycles. The molecule has 0 amide bonds. The van der Waals surface area contributed by atoms with Gasteiger partial charge in [0.1, 0.15) is 0 Å². The third kappa shape index (κ3) is 2.57. The van der Waals surface area contributed by atoms with Gasteiger partial charge >= 0.3 is 0 Å². The fourth-order valence-electron chi connectivity index (χ4n) is 1.85. The van der Waals surface area contributed by atoms with E-state index in [1.807, 2.05) is 0 Å². The Hall–Kier alpha value is -2.54. The van der Waals surface area contributed by atoms with Gasteiger partial charge in [-0.25, -0.2) is 4.68 Å². The molecule has 2 N–H and O–H groups in total. The minimum atomic E-state index is -0.467. The molecule has 0 saturated heterocycles. The highest BCUT2D eigenvalue weighted by atomic mass is 16.6. The summed E-state index contributed by atoms with van der Waals surface area (Å²) in [6.45, 7) is 1.72. The Morgan fingerprint density at radius 2 is 1.95 bits per heavy atom. The molecule has 0 spiro atoms. The summed E-state index contributed by atoms with van der Waals surface area (Å²) in [6, 6.07) is 7.19. The fraction of sp³-hybridized carbons (Fsp3) is 0.231. The minimum Gasteiger partial charge on any atom is -0.324 e. The third-order valence-corrected chi connectivity index (χ3v) is 2.96.